The number of aliphatic hydroxyl groups excluding tert-OH is 1. The van der Waals surface area contributed by atoms with Crippen molar-refractivity contribution in [2.45, 2.75) is 39.5 Å². The van der Waals surface area contributed by atoms with E-state index in [-0.39, 0.29) is 36.4 Å². The summed E-state index contributed by atoms with van der Waals surface area (Å²) >= 11 is 0. The standard InChI is InChI=1S/C21H28N6O5/c1-12(2)32-11-15(28)10-27-17-18(26(4)21(30)23-19(17)29)22-20(27)25-24-13(3)14-6-8-16(31-5)9-7-14/h6-9,12,15,28H,10-11H2,1-5H3,(H,22,25)(H,23,29,30)/b24-13-/t15-/m0/s1. The van der Waals surface area contributed by atoms with Crippen LogP contribution < -0.4 is 21.4 Å². The van der Waals surface area contributed by atoms with Gasteiger partial charge in [-0.2, -0.15) is 10.1 Å². The van der Waals surface area contributed by atoms with Crippen molar-refractivity contribution in [1.29, 1.82) is 0 Å². The molecule has 3 aromatic rings. The van der Waals surface area contributed by atoms with Crippen molar-refractivity contribution < 1.29 is 14.6 Å². The summed E-state index contributed by atoms with van der Waals surface area (Å²) in [4.78, 5) is 31.2. The van der Waals surface area contributed by atoms with Crippen LogP contribution in [0.3, 0.4) is 0 Å². The minimum Gasteiger partial charge on any atom is -0.497 e. The summed E-state index contributed by atoms with van der Waals surface area (Å²) in [5.74, 6) is 0.942. The van der Waals surface area contributed by atoms with Gasteiger partial charge in [-0.05, 0) is 50.6 Å². The molecule has 0 aliphatic carbocycles. The number of anilines is 1. The molecule has 0 fully saturated rings. The molecule has 32 heavy (non-hydrogen) atoms. The van der Waals surface area contributed by atoms with Crippen molar-refractivity contribution >= 4 is 22.8 Å². The lowest BCUT2D eigenvalue weighted by molar-refractivity contribution is -0.000105. The molecule has 0 aliphatic rings. The van der Waals surface area contributed by atoms with E-state index in [0.29, 0.717) is 5.71 Å². The normalized spacial score (nSPS) is 13.0. The van der Waals surface area contributed by atoms with Gasteiger partial charge < -0.3 is 19.1 Å². The highest BCUT2D eigenvalue weighted by molar-refractivity contribution is 5.99. The van der Waals surface area contributed by atoms with Crippen LogP contribution in [-0.4, -0.2) is 55.8 Å². The maximum Gasteiger partial charge on any atom is 0.329 e. The third kappa shape index (κ3) is 5.06. The number of rotatable bonds is 9. The van der Waals surface area contributed by atoms with Gasteiger partial charge in [0.15, 0.2) is 11.2 Å². The molecule has 0 saturated heterocycles. The molecular formula is C21H28N6O5. The van der Waals surface area contributed by atoms with Gasteiger partial charge in [-0.25, -0.2) is 10.2 Å². The van der Waals surface area contributed by atoms with Crippen LogP contribution in [0.4, 0.5) is 5.95 Å². The topological polar surface area (TPSA) is 136 Å². The number of hydrazone groups is 1. The first-order valence-electron chi connectivity index (χ1n) is 10.1. The average Bonchev–Trinajstić information content (AvgIpc) is 3.13. The van der Waals surface area contributed by atoms with E-state index in [1.165, 1.54) is 16.2 Å². The van der Waals surface area contributed by atoms with Crippen molar-refractivity contribution in [1.82, 2.24) is 19.1 Å². The number of aromatic amines is 1. The van der Waals surface area contributed by atoms with Crippen molar-refractivity contribution in [3.8, 4) is 5.75 Å². The Balaban J connectivity index is 1.98. The minimum atomic E-state index is -0.904. The van der Waals surface area contributed by atoms with Crippen LogP contribution in [-0.2, 0) is 18.3 Å². The van der Waals surface area contributed by atoms with Crippen LogP contribution in [0, 0.1) is 0 Å². The zero-order chi connectivity index (χ0) is 23.4. The highest BCUT2D eigenvalue weighted by Crippen LogP contribution is 2.17. The average molecular weight is 444 g/mol. The lowest BCUT2D eigenvalue weighted by Crippen LogP contribution is -2.30. The van der Waals surface area contributed by atoms with Crippen LogP contribution in [0.25, 0.3) is 11.2 Å². The number of ether oxygens (including phenoxy) is 2. The van der Waals surface area contributed by atoms with E-state index < -0.39 is 17.4 Å². The first-order chi connectivity index (χ1) is 15.2. The molecule has 3 N–H and O–H groups in total. The quantitative estimate of drug-likeness (QED) is 0.332. The number of nitrogens with one attached hydrogen (secondary N) is 2. The number of imidazole rings is 1. The SMILES string of the molecule is COc1ccc(/C(C)=N\Nc2nc3c(c(=O)[nH]c(=O)n3C)n2C[C@H](O)COC(C)C)cc1. The molecule has 0 saturated carbocycles. The Morgan fingerprint density at radius 3 is 2.59 bits per heavy atom. The fourth-order valence-electron chi connectivity index (χ4n) is 3.10. The first-order valence-corrected chi connectivity index (χ1v) is 10.1. The number of aliphatic hydroxyl groups is 1. The van der Waals surface area contributed by atoms with E-state index >= 15 is 0 Å². The van der Waals surface area contributed by atoms with E-state index in [2.05, 4.69) is 20.5 Å². The van der Waals surface area contributed by atoms with E-state index in [9.17, 15) is 14.7 Å². The number of aryl methyl sites for hydroxylation is 1. The predicted octanol–water partition coefficient (Wildman–Crippen LogP) is 1.05. The van der Waals surface area contributed by atoms with Crippen molar-refractivity contribution in [2.75, 3.05) is 19.1 Å². The summed E-state index contributed by atoms with van der Waals surface area (Å²) < 4.78 is 13.4. The van der Waals surface area contributed by atoms with Gasteiger partial charge in [0.05, 0.1) is 38.2 Å². The van der Waals surface area contributed by atoms with Gasteiger partial charge in [0.2, 0.25) is 5.95 Å². The maximum atomic E-state index is 12.5. The highest BCUT2D eigenvalue weighted by atomic mass is 16.5. The van der Waals surface area contributed by atoms with Crippen LogP contribution in [0.2, 0.25) is 0 Å². The largest absolute Gasteiger partial charge is 0.497 e. The van der Waals surface area contributed by atoms with Crippen molar-refractivity contribution in [3.63, 3.8) is 0 Å². The number of benzene rings is 1. The molecule has 0 bridgehead atoms. The van der Waals surface area contributed by atoms with Gasteiger partial charge in [0.1, 0.15) is 5.75 Å². The van der Waals surface area contributed by atoms with Gasteiger partial charge >= 0.3 is 5.69 Å². The van der Waals surface area contributed by atoms with E-state index in [1.54, 1.807) is 7.11 Å². The Morgan fingerprint density at radius 2 is 1.97 bits per heavy atom. The van der Waals surface area contributed by atoms with E-state index in [1.807, 2.05) is 45.0 Å². The minimum absolute atomic E-state index is 0.0178. The smallest absolute Gasteiger partial charge is 0.329 e. The van der Waals surface area contributed by atoms with Crippen LogP contribution in [0.1, 0.15) is 26.3 Å². The Hall–Kier alpha value is -3.44. The van der Waals surface area contributed by atoms with Crippen molar-refractivity contribution in [3.05, 3.63) is 50.7 Å². The summed E-state index contributed by atoms with van der Waals surface area (Å²) in [5.41, 5.74) is 3.53. The summed E-state index contributed by atoms with van der Waals surface area (Å²) in [5, 5.41) is 14.8. The first kappa shape index (κ1) is 23.2. The van der Waals surface area contributed by atoms with Gasteiger partial charge in [0, 0.05) is 7.05 Å². The number of fused-ring (bicyclic) bond motifs is 1. The molecule has 0 unspecified atom stereocenters. The Morgan fingerprint density at radius 1 is 1.28 bits per heavy atom. The summed E-state index contributed by atoms with van der Waals surface area (Å²) in [7, 11) is 3.10. The van der Waals surface area contributed by atoms with Gasteiger partial charge in [-0.1, -0.05) is 0 Å². The van der Waals surface area contributed by atoms with E-state index in [4.69, 9.17) is 9.47 Å². The van der Waals surface area contributed by atoms with Crippen LogP contribution in [0.5, 0.6) is 5.75 Å². The molecular weight excluding hydrogens is 416 g/mol. The second-order valence-corrected chi connectivity index (χ2v) is 7.61. The zero-order valence-electron chi connectivity index (χ0n) is 18.7. The molecule has 1 atom stereocenters. The number of hydrogen-bond acceptors (Lipinski definition) is 8. The fraction of sp³-hybridized carbons (Fsp3) is 0.429. The second kappa shape index (κ2) is 9.79. The Labute approximate surface area is 184 Å². The molecule has 0 aliphatic heterocycles. The molecule has 3 rings (SSSR count). The molecule has 11 heteroatoms. The van der Waals surface area contributed by atoms with Gasteiger partial charge in [-0.15, -0.1) is 0 Å². The fourth-order valence-corrected chi connectivity index (χ4v) is 3.10. The maximum absolute atomic E-state index is 12.5. The lowest BCUT2D eigenvalue weighted by atomic mass is 10.1. The summed E-state index contributed by atoms with van der Waals surface area (Å²) in [6, 6.07) is 7.38. The molecule has 2 heterocycles. The Kier molecular flexibility index (Phi) is 7.11. The lowest BCUT2D eigenvalue weighted by Gasteiger charge is -2.16. The molecule has 0 radical (unpaired) electrons. The number of H-pyrrole nitrogens is 1. The van der Waals surface area contributed by atoms with Crippen LogP contribution >= 0.6 is 0 Å². The second-order valence-electron chi connectivity index (χ2n) is 7.61. The number of methoxy groups -OCH3 is 1. The monoisotopic (exact) mass is 444 g/mol. The van der Waals surface area contributed by atoms with Crippen molar-refractivity contribution in [2.24, 2.45) is 12.1 Å². The third-order valence-electron chi connectivity index (χ3n) is 4.85. The van der Waals surface area contributed by atoms with Gasteiger partial charge in [0.25, 0.3) is 5.56 Å². The highest BCUT2D eigenvalue weighted by Gasteiger charge is 2.20. The number of aromatic nitrogens is 4. The molecule has 11 nitrogen and oxygen atoms in total. The Bertz CT molecular complexity index is 1220. The zero-order valence-corrected chi connectivity index (χ0v) is 18.7. The summed E-state index contributed by atoms with van der Waals surface area (Å²) in [6.07, 6.45) is -0.957. The molecule has 1 aromatic carbocycles. The third-order valence-corrected chi connectivity index (χ3v) is 4.85. The summed E-state index contributed by atoms with van der Waals surface area (Å²) in [6.45, 7) is 5.64. The van der Waals surface area contributed by atoms with Crippen LogP contribution in [0.15, 0.2) is 39.0 Å². The molecule has 0 spiro atoms. The molecule has 172 valence electrons. The molecule has 0 amide bonds. The number of nitrogens with zero attached hydrogens (tertiary/aromatic N) is 4. The predicted molar refractivity (Wildman–Crippen MR) is 122 cm³/mol. The number of hydrogen-bond donors (Lipinski definition) is 3. The van der Waals surface area contributed by atoms with Gasteiger partial charge in [-0.3, -0.25) is 14.3 Å². The molecule has 2 aromatic heterocycles. The van der Waals surface area contributed by atoms with E-state index in [0.717, 1.165) is 11.3 Å².